The highest BCUT2D eigenvalue weighted by Crippen LogP contribution is 2.18. The Hall–Kier alpha value is -0.810. The molecule has 2 N–H and O–H groups in total. The zero-order valence-corrected chi connectivity index (χ0v) is 13.5. The Balaban J connectivity index is 2.03. The van der Waals surface area contributed by atoms with E-state index < -0.39 is 0 Å². The molecule has 0 aliphatic carbocycles. The number of hydrogen-bond donors (Lipinski definition) is 2. The van der Waals surface area contributed by atoms with Crippen LogP contribution < -0.4 is 10.6 Å². The van der Waals surface area contributed by atoms with Crippen LogP contribution in [0, 0.1) is 5.92 Å². The van der Waals surface area contributed by atoms with Crippen molar-refractivity contribution in [3.63, 3.8) is 0 Å². The van der Waals surface area contributed by atoms with Crippen molar-refractivity contribution in [1.82, 2.24) is 15.5 Å². The van der Waals surface area contributed by atoms with Gasteiger partial charge in [-0.2, -0.15) is 0 Å². The van der Waals surface area contributed by atoms with Crippen LogP contribution in [0.5, 0.6) is 0 Å². The van der Waals surface area contributed by atoms with Crippen molar-refractivity contribution >= 4 is 5.96 Å². The average Bonchev–Trinajstić information content (AvgIpc) is 2.47. The minimum absolute atomic E-state index is 0.795. The summed E-state index contributed by atoms with van der Waals surface area (Å²) in [7, 11) is 4.04. The maximum absolute atomic E-state index is 5.31. The van der Waals surface area contributed by atoms with Crippen LogP contribution >= 0.6 is 0 Å². The zero-order chi connectivity index (χ0) is 14.6. The number of likely N-dealkylation sites (tertiary alicyclic amines) is 1. The average molecular weight is 284 g/mol. The molecule has 1 saturated heterocycles. The van der Waals surface area contributed by atoms with Gasteiger partial charge in [0.05, 0.1) is 0 Å². The molecule has 0 aromatic carbocycles. The smallest absolute Gasteiger partial charge is 0.190 e. The lowest BCUT2D eigenvalue weighted by atomic mass is 9.94. The fraction of sp³-hybridized carbons (Fsp3) is 0.933. The van der Waals surface area contributed by atoms with Crippen molar-refractivity contribution in [3.05, 3.63) is 0 Å². The molecule has 1 heterocycles. The molecule has 0 aromatic rings. The summed E-state index contributed by atoms with van der Waals surface area (Å²) in [6, 6.07) is 0. The fourth-order valence-corrected chi connectivity index (χ4v) is 2.49. The number of aliphatic imine (C=N–C) groups is 1. The van der Waals surface area contributed by atoms with Gasteiger partial charge in [0.25, 0.3) is 0 Å². The molecule has 20 heavy (non-hydrogen) atoms. The number of nitrogens with one attached hydrogen (secondary N) is 2. The zero-order valence-electron chi connectivity index (χ0n) is 13.5. The summed E-state index contributed by atoms with van der Waals surface area (Å²) < 4.78 is 5.31. The molecule has 5 heteroatoms. The predicted molar refractivity (Wildman–Crippen MR) is 85.3 cm³/mol. The van der Waals surface area contributed by atoms with E-state index in [2.05, 4.69) is 27.6 Å². The SMILES string of the molecule is CCOCCCNC(=NC)NCCC1CCN(C)CC1. The number of rotatable bonds is 8. The lowest BCUT2D eigenvalue weighted by Gasteiger charge is -2.29. The molecule has 1 fully saturated rings. The van der Waals surface area contributed by atoms with Gasteiger partial charge < -0.3 is 20.3 Å². The van der Waals surface area contributed by atoms with Crippen LogP contribution in [-0.2, 0) is 4.74 Å². The Morgan fingerprint density at radius 2 is 1.95 bits per heavy atom. The van der Waals surface area contributed by atoms with Crippen molar-refractivity contribution in [2.75, 3.05) is 53.5 Å². The van der Waals surface area contributed by atoms with E-state index in [4.69, 9.17) is 4.74 Å². The van der Waals surface area contributed by atoms with Crippen LogP contribution in [0.1, 0.15) is 32.6 Å². The van der Waals surface area contributed by atoms with E-state index in [9.17, 15) is 0 Å². The standard InChI is InChI=1S/C15H32N4O/c1-4-20-13-5-9-17-15(16-2)18-10-6-14-7-11-19(3)12-8-14/h14H,4-13H2,1-3H3,(H2,16,17,18). The first-order chi connectivity index (χ1) is 9.76. The van der Waals surface area contributed by atoms with E-state index in [1.54, 1.807) is 0 Å². The Morgan fingerprint density at radius 3 is 2.60 bits per heavy atom. The first-order valence-corrected chi connectivity index (χ1v) is 7.97. The molecule has 0 spiro atoms. The minimum atomic E-state index is 0.795. The second kappa shape index (κ2) is 10.9. The van der Waals surface area contributed by atoms with Crippen molar-refractivity contribution in [1.29, 1.82) is 0 Å². The van der Waals surface area contributed by atoms with Crippen LogP contribution in [0.4, 0.5) is 0 Å². The van der Waals surface area contributed by atoms with Crippen LogP contribution in [0.3, 0.4) is 0 Å². The molecule has 0 saturated carbocycles. The van der Waals surface area contributed by atoms with Crippen LogP contribution in [-0.4, -0.2) is 64.3 Å². The van der Waals surface area contributed by atoms with Crippen molar-refractivity contribution in [3.8, 4) is 0 Å². The summed E-state index contributed by atoms with van der Waals surface area (Å²) in [6.45, 7) is 8.05. The van der Waals surface area contributed by atoms with Gasteiger partial charge in [-0.1, -0.05) is 0 Å². The molecule has 1 aliphatic heterocycles. The van der Waals surface area contributed by atoms with Crippen molar-refractivity contribution in [2.45, 2.75) is 32.6 Å². The molecule has 0 bridgehead atoms. The molecule has 0 radical (unpaired) electrons. The normalized spacial score (nSPS) is 18.2. The van der Waals surface area contributed by atoms with Crippen molar-refractivity contribution in [2.24, 2.45) is 10.9 Å². The summed E-state index contributed by atoms with van der Waals surface area (Å²) in [5.41, 5.74) is 0. The third-order valence-electron chi connectivity index (χ3n) is 3.87. The van der Waals surface area contributed by atoms with Gasteiger partial charge in [-0.15, -0.1) is 0 Å². The lowest BCUT2D eigenvalue weighted by molar-refractivity contribution is 0.145. The predicted octanol–water partition coefficient (Wildman–Crippen LogP) is 1.31. The Bertz CT molecular complexity index is 263. The second-order valence-electron chi connectivity index (χ2n) is 5.51. The van der Waals surface area contributed by atoms with Gasteiger partial charge in [0, 0.05) is 33.4 Å². The number of piperidine rings is 1. The Labute approximate surface area is 124 Å². The van der Waals surface area contributed by atoms with E-state index in [1.807, 2.05) is 14.0 Å². The van der Waals surface area contributed by atoms with Crippen LogP contribution in [0.2, 0.25) is 0 Å². The number of nitrogens with zero attached hydrogens (tertiary/aromatic N) is 2. The molecule has 0 atom stereocenters. The van der Waals surface area contributed by atoms with Crippen molar-refractivity contribution < 1.29 is 4.74 Å². The van der Waals surface area contributed by atoms with Gasteiger partial charge in [0.2, 0.25) is 0 Å². The summed E-state index contributed by atoms with van der Waals surface area (Å²) in [6.07, 6.45) is 4.92. The molecule has 1 rings (SSSR count). The first-order valence-electron chi connectivity index (χ1n) is 7.97. The van der Waals surface area contributed by atoms with Gasteiger partial charge in [-0.25, -0.2) is 0 Å². The molecular weight excluding hydrogens is 252 g/mol. The third kappa shape index (κ3) is 7.70. The Morgan fingerprint density at radius 1 is 1.25 bits per heavy atom. The largest absolute Gasteiger partial charge is 0.382 e. The summed E-state index contributed by atoms with van der Waals surface area (Å²) in [5.74, 6) is 1.78. The molecule has 5 nitrogen and oxygen atoms in total. The Kier molecular flexibility index (Phi) is 9.41. The summed E-state index contributed by atoms with van der Waals surface area (Å²) in [4.78, 5) is 6.67. The first kappa shape index (κ1) is 17.2. The third-order valence-corrected chi connectivity index (χ3v) is 3.87. The maximum Gasteiger partial charge on any atom is 0.190 e. The van der Waals surface area contributed by atoms with Crippen LogP contribution in [0.15, 0.2) is 4.99 Å². The molecular formula is C15H32N4O. The van der Waals surface area contributed by atoms with E-state index in [1.165, 1.54) is 32.4 Å². The number of hydrogen-bond acceptors (Lipinski definition) is 3. The van der Waals surface area contributed by atoms with Gasteiger partial charge in [0.1, 0.15) is 0 Å². The number of guanidine groups is 1. The second-order valence-corrected chi connectivity index (χ2v) is 5.51. The monoisotopic (exact) mass is 284 g/mol. The van der Waals surface area contributed by atoms with E-state index in [-0.39, 0.29) is 0 Å². The molecule has 0 unspecified atom stereocenters. The quantitative estimate of drug-likeness (QED) is 0.401. The highest BCUT2D eigenvalue weighted by Gasteiger charge is 2.15. The highest BCUT2D eigenvalue weighted by molar-refractivity contribution is 5.79. The fourth-order valence-electron chi connectivity index (χ4n) is 2.49. The van der Waals surface area contributed by atoms with Gasteiger partial charge in [-0.05, 0) is 58.7 Å². The van der Waals surface area contributed by atoms with E-state index in [0.717, 1.165) is 44.6 Å². The molecule has 1 aliphatic rings. The van der Waals surface area contributed by atoms with Gasteiger partial charge in [0.15, 0.2) is 5.96 Å². The minimum Gasteiger partial charge on any atom is -0.382 e. The highest BCUT2D eigenvalue weighted by atomic mass is 16.5. The van der Waals surface area contributed by atoms with Gasteiger partial charge in [-0.3, -0.25) is 4.99 Å². The molecule has 118 valence electrons. The molecule has 0 amide bonds. The topological polar surface area (TPSA) is 48.9 Å². The summed E-state index contributed by atoms with van der Waals surface area (Å²) >= 11 is 0. The number of ether oxygens (including phenoxy) is 1. The van der Waals surface area contributed by atoms with E-state index >= 15 is 0 Å². The van der Waals surface area contributed by atoms with E-state index in [0.29, 0.717) is 0 Å². The molecule has 0 aromatic heterocycles. The lowest BCUT2D eigenvalue weighted by Crippen LogP contribution is -2.39. The maximum atomic E-state index is 5.31. The van der Waals surface area contributed by atoms with Gasteiger partial charge >= 0.3 is 0 Å². The summed E-state index contributed by atoms with van der Waals surface area (Å²) in [5, 5.41) is 6.73. The van der Waals surface area contributed by atoms with Crippen LogP contribution in [0.25, 0.3) is 0 Å².